The first kappa shape index (κ1) is 12.6. The molecule has 0 atom stereocenters. The van der Waals surface area contributed by atoms with E-state index in [-0.39, 0.29) is 0 Å². The van der Waals surface area contributed by atoms with Gasteiger partial charge in [-0.1, -0.05) is 13.0 Å². The summed E-state index contributed by atoms with van der Waals surface area (Å²) in [4.78, 5) is 4.68. The summed E-state index contributed by atoms with van der Waals surface area (Å²) in [5.74, 6) is 0. The van der Waals surface area contributed by atoms with Gasteiger partial charge in [0.15, 0.2) is 10.4 Å². The predicted octanol–water partition coefficient (Wildman–Crippen LogP) is 3.30. The van der Waals surface area contributed by atoms with Crippen LogP contribution in [0.1, 0.15) is 17.5 Å². The standard InChI is InChI=1S/C13H16N4S2/c1-3-10-11-12(16(2)15-10)17(13(18)14-11)7-6-9-5-4-8-19-9/h4-5,8H,3,6-7H2,1-2H3,(H,14,18). The van der Waals surface area contributed by atoms with Gasteiger partial charge in [0.2, 0.25) is 0 Å². The van der Waals surface area contributed by atoms with E-state index in [0.29, 0.717) is 0 Å². The molecule has 0 fully saturated rings. The maximum Gasteiger partial charge on any atom is 0.179 e. The molecule has 0 aromatic carbocycles. The quantitative estimate of drug-likeness (QED) is 0.749. The predicted molar refractivity (Wildman–Crippen MR) is 81.3 cm³/mol. The van der Waals surface area contributed by atoms with Crippen molar-refractivity contribution < 1.29 is 0 Å². The van der Waals surface area contributed by atoms with Crippen molar-refractivity contribution in [3.63, 3.8) is 0 Å². The van der Waals surface area contributed by atoms with E-state index in [0.717, 1.165) is 41.0 Å². The maximum atomic E-state index is 5.44. The number of H-pyrrole nitrogens is 1. The minimum Gasteiger partial charge on any atom is -0.328 e. The lowest BCUT2D eigenvalue weighted by molar-refractivity contribution is 0.666. The number of rotatable bonds is 4. The first-order chi connectivity index (χ1) is 9.20. The van der Waals surface area contributed by atoms with E-state index in [9.17, 15) is 0 Å². The van der Waals surface area contributed by atoms with E-state index in [1.807, 2.05) is 11.7 Å². The second kappa shape index (κ2) is 4.94. The molecule has 0 bridgehead atoms. The zero-order valence-electron chi connectivity index (χ0n) is 11.0. The molecule has 0 spiro atoms. The van der Waals surface area contributed by atoms with Gasteiger partial charge in [-0.3, -0.25) is 4.68 Å². The van der Waals surface area contributed by atoms with Crippen LogP contribution in [0.25, 0.3) is 11.2 Å². The Balaban J connectivity index is 2.00. The van der Waals surface area contributed by atoms with Crippen LogP contribution in [0.3, 0.4) is 0 Å². The molecule has 0 unspecified atom stereocenters. The van der Waals surface area contributed by atoms with E-state index in [1.165, 1.54) is 4.88 Å². The molecular formula is C13H16N4S2. The van der Waals surface area contributed by atoms with Crippen molar-refractivity contribution in [3.8, 4) is 0 Å². The molecule has 0 aliphatic rings. The number of nitrogens with zero attached hydrogens (tertiary/aromatic N) is 3. The lowest BCUT2D eigenvalue weighted by atomic mass is 10.3. The van der Waals surface area contributed by atoms with Gasteiger partial charge in [-0.15, -0.1) is 11.3 Å². The maximum absolute atomic E-state index is 5.44. The van der Waals surface area contributed by atoms with Gasteiger partial charge in [0.05, 0.1) is 5.69 Å². The third kappa shape index (κ3) is 2.15. The largest absolute Gasteiger partial charge is 0.328 e. The summed E-state index contributed by atoms with van der Waals surface area (Å²) < 4.78 is 4.86. The summed E-state index contributed by atoms with van der Waals surface area (Å²) >= 11 is 7.23. The van der Waals surface area contributed by atoms with Crippen molar-refractivity contribution >= 4 is 34.7 Å². The number of imidazole rings is 1. The average Bonchev–Trinajstić information content (AvgIpc) is 3.06. The van der Waals surface area contributed by atoms with Gasteiger partial charge in [0, 0.05) is 18.5 Å². The Morgan fingerprint density at radius 1 is 1.47 bits per heavy atom. The fourth-order valence-electron chi connectivity index (χ4n) is 2.41. The van der Waals surface area contributed by atoms with Gasteiger partial charge in [-0.05, 0) is 36.5 Å². The van der Waals surface area contributed by atoms with Gasteiger partial charge in [-0.2, -0.15) is 5.10 Å². The van der Waals surface area contributed by atoms with Crippen molar-refractivity contribution in [3.05, 3.63) is 32.9 Å². The number of fused-ring (bicyclic) bond motifs is 1. The number of aryl methyl sites for hydroxylation is 4. The molecule has 6 heteroatoms. The van der Waals surface area contributed by atoms with Gasteiger partial charge in [0.25, 0.3) is 0 Å². The molecule has 19 heavy (non-hydrogen) atoms. The topological polar surface area (TPSA) is 38.5 Å². The smallest absolute Gasteiger partial charge is 0.179 e. The van der Waals surface area contributed by atoms with Crippen molar-refractivity contribution in [2.75, 3.05) is 0 Å². The van der Waals surface area contributed by atoms with Crippen LogP contribution >= 0.6 is 23.6 Å². The van der Waals surface area contributed by atoms with Crippen LogP contribution < -0.4 is 0 Å². The highest BCUT2D eigenvalue weighted by Crippen LogP contribution is 2.19. The monoisotopic (exact) mass is 292 g/mol. The van der Waals surface area contributed by atoms with Crippen molar-refractivity contribution in [2.45, 2.75) is 26.3 Å². The van der Waals surface area contributed by atoms with Crippen LogP contribution in [-0.2, 0) is 26.4 Å². The fourth-order valence-corrected chi connectivity index (χ4v) is 3.39. The van der Waals surface area contributed by atoms with Crippen LogP contribution in [-0.4, -0.2) is 19.3 Å². The average molecular weight is 292 g/mol. The van der Waals surface area contributed by atoms with E-state index < -0.39 is 0 Å². The van der Waals surface area contributed by atoms with Crippen LogP contribution in [0, 0.1) is 4.77 Å². The Labute approximate surface area is 120 Å². The van der Waals surface area contributed by atoms with Gasteiger partial charge >= 0.3 is 0 Å². The molecule has 0 saturated carbocycles. The normalized spacial score (nSPS) is 11.5. The minimum absolute atomic E-state index is 0.786. The number of aromatic nitrogens is 4. The highest BCUT2D eigenvalue weighted by molar-refractivity contribution is 7.71. The van der Waals surface area contributed by atoms with E-state index in [1.54, 1.807) is 11.3 Å². The summed E-state index contributed by atoms with van der Waals surface area (Å²) in [6.07, 6.45) is 1.92. The highest BCUT2D eigenvalue weighted by Gasteiger charge is 2.13. The number of thiophene rings is 1. The van der Waals surface area contributed by atoms with Gasteiger partial charge in [0.1, 0.15) is 5.52 Å². The minimum atomic E-state index is 0.786. The van der Waals surface area contributed by atoms with E-state index in [2.05, 4.69) is 39.1 Å². The lowest BCUT2D eigenvalue weighted by Crippen LogP contribution is -2.04. The molecular weight excluding hydrogens is 276 g/mol. The Morgan fingerprint density at radius 3 is 3.00 bits per heavy atom. The summed E-state index contributed by atoms with van der Waals surface area (Å²) in [5, 5.41) is 6.65. The Hall–Kier alpha value is -1.40. The number of hydrogen-bond acceptors (Lipinski definition) is 3. The molecule has 0 aliphatic carbocycles. The lowest BCUT2D eigenvalue weighted by Gasteiger charge is -2.03. The summed E-state index contributed by atoms with van der Waals surface area (Å²) in [7, 11) is 1.98. The molecule has 3 heterocycles. The van der Waals surface area contributed by atoms with Crippen molar-refractivity contribution in [2.24, 2.45) is 7.05 Å². The summed E-state index contributed by atoms with van der Waals surface area (Å²) in [6, 6.07) is 4.25. The Morgan fingerprint density at radius 2 is 2.32 bits per heavy atom. The molecule has 3 rings (SSSR count). The SMILES string of the molecule is CCc1nn(C)c2c1[nH]c(=S)n2CCc1cccs1. The highest BCUT2D eigenvalue weighted by atomic mass is 32.1. The van der Waals surface area contributed by atoms with E-state index in [4.69, 9.17) is 12.2 Å². The first-order valence-electron chi connectivity index (χ1n) is 6.37. The fraction of sp³-hybridized carbons (Fsp3) is 0.385. The van der Waals surface area contributed by atoms with Gasteiger partial charge in [-0.25, -0.2) is 0 Å². The Kier molecular flexibility index (Phi) is 3.28. The number of nitrogens with one attached hydrogen (secondary N) is 1. The zero-order valence-corrected chi connectivity index (χ0v) is 12.6. The summed E-state index contributed by atoms with van der Waals surface area (Å²) in [6.45, 7) is 3.00. The third-order valence-corrected chi connectivity index (χ3v) is 4.58. The van der Waals surface area contributed by atoms with Crippen LogP contribution in [0.15, 0.2) is 17.5 Å². The van der Waals surface area contributed by atoms with E-state index >= 15 is 0 Å². The molecule has 0 amide bonds. The number of hydrogen-bond donors (Lipinski definition) is 1. The van der Waals surface area contributed by atoms with Gasteiger partial charge < -0.3 is 9.55 Å². The second-order valence-electron chi connectivity index (χ2n) is 4.53. The Bertz CT molecular complexity index is 746. The molecule has 3 aromatic heterocycles. The second-order valence-corrected chi connectivity index (χ2v) is 5.95. The van der Waals surface area contributed by atoms with Crippen LogP contribution in [0.2, 0.25) is 0 Å². The molecule has 3 aromatic rings. The number of aromatic amines is 1. The molecule has 0 aliphatic heterocycles. The zero-order chi connectivity index (χ0) is 13.4. The van der Waals surface area contributed by atoms with Crippen LogP contribution in [0.5, 0.6) is 0 Å². The van der Waals surface area contributed by atoms with Crippen molar-refractivity contribution in [1.29, 1.82) is 0 Å². The molecule has 100 valence electrons. The molecule has 0 radical (unpaired) electrons. The third-order valence-electron chi connectivity index (χ3n) is 3.32. The van der Waals surface area contributed by atoms with Crippen LogP contribution in [0.4, 0.5) is 0 Å². The molecule has 4 nitrogen and oxygen atoms in total. The van der Waals surface area contributed by atoms with Crippen molar-refractivity contribution in [1.82, 2.24) is 19.3 Å². The first-order valence-corrected chi connectivity index (χ1v) is 7.66. The molecule has 0 saturated heterocycles. The summed E-state index contributed by atoms with van der Waals surface area (Å²) in [5.41, 5.74) is 3.26. The molecule has 1 N–H and O–H groups in total.